The Bertz CT molecular complexity index is 617. The van der Waals surface area contributed by atoms with E-state index in [1.807, 2.05) is 17.5 Å². The largest absolute Gasteiger partial charge is 0.444 e. The van der Waals surface area contributed by atoms with E-state index >= 15 is 0 Å². The van der Waals surface area contributed by atoms with Gasteiger partial charge in [0, 0.05) is 24.0 Å². The van der Waals surface area contributed by atoms with Gasteiger partial charge in [-0.15, -0.1) is 11.3 Å². The first-order valence-electron chi connectivity index (χ1n) is 8.79. The van der Waals surface area contributed by atoms with Crippen LogP contribution in [-0.4, -0.2) is 54.1 Å². The maximum atomic E-state index is 12.2. The lowest BCUT2D eigenvalue weighted by atomic mass is 10.0. The zero-order valence-corrected chi connectivity index (χ0v) is 16.4. The van der Waals surface area contributed by atoms with Gasteiger partial charge in [-0.1, -0.05) is 6.07 Å². The summed E-state index contributed by atoms with van der Waals surface area (Å²) in [5.41, 5.74) is -0.590. The van der Waals surface area contributed by atoms with Crippen molar-refractivity contribution in [3.05, 3.63) is 22.4 Å². The van der Waals surface area contributed by atoms with Gasteiger partial charge in [0.05, 0.1) is 6.42 Å². The van der Waals surface area contributed by atoms with Crippen molar-refractivity contribution in [1.82, 2.24) is 15.5 Å². The van der Waals surface area contributed by atoms with Crippen molar-refractivity contribution < 1.29 is 19.1 Å². The highest BCUT2D eigenvalue weighted by Gasteiger charge is 2.24. The Kier molecular flexibility index (Phi) is 7.02. The maximum Gasteiger partial charge on any atom is 0.408 e. The first kappa shape index (κ1) is 20.2. The summed E-state index contributed by atoms with van der Waals surface area (Å²) >= 11 is 1.57. The second kappa shape index (κ2) is 9.02. The molecule has 1 aromatic heterocycles. The summed E-state index contributed by atoms with van der Waals surface area (Å²) in [6.45, 7) is 6.37. The lowest BCUT2D eigenvalue weighted by molar-refractivity contribution is -0.131. The maximum absolute atomic E-state index is 12.2. The van der Waals surface area contributed by atoms with E-state index in [0.717, 1.165) is 4.88 Å². The van der Waals surface area contributed by atoms with Crippen LogP contribution in [0.3, 0.4) is 0 Å². The number of nitrogens with one attached hydrogen (secondary N) is 2. The van der Waals surface area contributed by atoms with Gasteiger partial charge in [-0.25, -0.2) is 4.79 Å². The highest BCUT2D eigenvalue weighted by molar-refractivity contribution is 7.10. The molecule has 1 aliphatic heterocycles. The van der Waals surface area contributed by atoms with Crippen LogP contribution in [0.2, 0.25) is 0 Å². The van der Waals surface area contributed by atoms with E-state index in [9.17, 15) is 14.4 Å². The molecule has 0 aromatic carbocycles. The minimum Gasteiger partial charge on any atom is -0.444 e. The molecular weight excluding hydrogens is 354 g/mol. The van der Waals surface area contributed by atoms with Crippen molar-refractivity contribution in [2.75, 3.05) is 19.6 Å². The second-order valence-corrected chi connectivity index (χ2v) is 8.37. The molecule has 0 unspecified atom stereocenters. The highest BCUT2D eigenvalue weighted by atomic mass is 32.1. The molecule has 7 nitrogen and oxygen atoms in total. The van der Waals surface area contributed by atoms with Crippen LogP contribution in [-0.2, 0) is 20.7 Å². The Morgan fingerprint density at radius 1 is 1.27 bits per heavy atom. The first-order chi connectivity index (χ1) is 12.2. The normalized spacial score (nSPS) is 15.4. The van der Waals surface area contributed by atoms with Crippen molar-refractivity contribution in [2.45, 2.75) is 51.7 Å². The highest BCUT2D eigenvalue weighted by Crippen LogP contribution is 2.13. The molecule has 1 saturated heterocycles. The Hall–Kier alpha value is -2.09. The number of piperidine rings is 1. The number of alkyl carbamates (subject to hydrolysis) is 1. The first-order valence-corrected chi connectivity index (χ1v) is 9.67. The molecular formula is C18H27N3O4S. The smallest absolute Gasteiger partial charge is 0.408 e. The molecule has 0 spiro atoms. The lowest BCUT2D eigenvalue weighted by Crippen LogP contribution is -2.49. The molecule has 1 fully saturated rings. The minimum absolute atomic E-state index is 0.0174. The molecule has 144 valence electrons. The third-order valence-corrected chi connectivity index (χ3v) is 4.79. The number of nitrogens with zero attached hydrogens (tertiary/aromatic N) is 1. The number of rotatable bonds is 5. The van der Waals surface area contributed by atoms with Gasteiger partial charge < -0.3 is 20.3 Å². The Balaban J connectivity index is 1.66. The fourth-order valence-electron chi connectivity index (χ4n) is 2.70. The molecule has 0 bridgehead atoms. The average Bonchev–Trinajstić information content (AvgIpc) is 3.04. The summed E-state index contributed by atoms with van der Waals surface area (Å²) in [6, 6.07) is 3.97. The molecule has 3 amide bonds. The van der Waals surface area contributed by atoms with Crippen LogP contribution in [0.4, 0.5) is 4.79 Å². The molecule has 2 N–H and O–H groups in total. The number of hydrogen-bond acceptors (Lipinski definition) is 5. The number of ether oxygens (including phenoxy) is 1. The SMILES string of the molecule is CC(C)(C)OC(=O)NCC(=O)N1CCC(NC(=O)Cc2cccs2)CC1. The van der Waals surface area contributed by atoms with E-state index in [4.69, 9.17) is 4.74 Å². The van der Waals surface area contributed by atoms with E-state index in [0.29, 0.717) is 32.4 Å². The number of amides is 3. The minimum atomic E-state index is -0.596. The molecule has 0 aliphatic carbocycles. The Morgan fingerprint density at radius 2 is 1.96 bits per heavy atom. The third-order valence-electron chi connectivity index (χ3n) is 3.91. The average molecular weight is 381 g/mol. The summed E-state index contributed by atoms with van der Waals surface area (Å²) in [4.78, 5) is 38.6. The molecule has 1 aliphatic rings. The molecule has 8 heteroatoms. The summed E-state index contributed by atoms with van der Waals surface area (Å²) in [5, 5.41) is 7.47. The molecule has 1 aromatic rings. The summed E-state index contributed by atoms with van der Waals surface area (Å²) < 4.78 is 5.11. The van der Waals surface area contributed by atoms with Crippen LogP contribution < -0.4 is 10.6 Å². The van der Waals surface area contributed by atoms with Gasteiger partial charge in [-0.3, -0.25) is 9.59 Å². The Morgan fingerprint density at radius 3 is 2.54 bits per heavy atom. The number of likely N-dealkylation sites (tertiary alicyclic amines) is 1. The van der Waals surface area contributed by atoms with Gasteiger partial charge in [0.15, 0.2) is 0 Å². The topological polar surface area (TPSA) is 87.7 Å². The second-order valence-electron chi connectivity index (χ2n) is 7.33. The Labute approximate surface area is 158 Å². The molecule has 2 heterocycles. The lowest BCUT2D eigenvalue weighted by Gasteiger charge is -2.32. The molecule has 2 rings (SSSR count). The predicted molar refractivity (Wildman–Crippen MR) is 100 cm³/mol. The summed E-state index contributed by atoms with van der Waals surface area (Å²) in [7, 11) is 0. The van der Waals surface area contributed by atoms with Crippen molar-refractivity contribution in [2.24, 2.45) is 0 Å². The van der Waals surface area contributed by atoms with E-state index in [-0.39, 0.29) is 24.4 Å². The van der Waals surface area contributed by atoms with Crippen molar-refractivity contribution >= 4 is 29.2 Å². The molecule has 0 radical (unpaired) electrons. The quantitative estimate of drug-likeness (QED) is 0.816. The molecule has 0 atom stereocenters. The van der Waals surface area contributed by atoms with Crippen LogP contribution in [0.25, 0.3) is 0 Å². The van der Waals surface area contributed by atoms with Crippen molar-refractivity contribution in [3.8, 4) is 0 Å². The zero-order valence-electron chi connectivity index (χ0n) is 15.5. The molecule has 0 saturated carbocycles. The van der Waals surface area contributed by atoms with Crippen molar-refractivity contribution in [1.29, 1.82) is 0 Å². The standard InChI is InChI=1S/C18H27N3O4S/c1-18(2,3)25-17(24)19-12-16(23)21-8-6-13(7-9-21)20-15(22)11-14-5-4-10-26-14/h4-5,10,13H,6-9,11-12H2,1-3H3,(H,19,24)(H,20,22). The van der Waals surface area contributed by atoms with E-state index < -0.39 is 11.7 Å². The van der Waals surface area contributed by atoms with Crippen LogP contribution in [0.5, 0.6) is 0 Å². The van der Waals surface area contributed by atoms with Gasteiger partial charge in [0.1, 0.15) is 12.1 Å². The van der Waals surface area contributed by atoms with Crippen LogP contribution in [0.1, 0.15) is 38.5 Å². The van der Waals surface area contributed by atoms with E-state index in [2.05, 4.69) is 10.6 Å². The number of hydrogen-bond donors (Lipinski definition) is 2. The fraction of sp³-hybridized carbons (Fsp3) is 0.611. The van der Waals surface area contributed by atoms with Crippen LogP contribution in [0, 0.1) is 0 Å². The van der Waals surface area contributed by atoms with Gasteiger partial charge >= 0.3 is 6.09 Å². The fourth-order valence-corrected chi connectivity index (χ4v) is 3.40. The predicted octanol–water partition coefficient (Wildman–Crippen LogP) is 1.92. The van der Waals surface area contributed by atoms with Gasteiger partial charge in [0.25, 0.3) is 0 Å². The monoisotopic (exact) mass is 381 g/mol. The number of carbonyl (C=O) groups excluding carboxylic acids is 3. The van der Waals surface area contributed by atoms with Gasteiger partial charge in [-0.2, -0.15) is 0 Å². The zero-order chi connectivity index (χ0) is 19.2. The van der Waals surface area contributed by atoms with Crippen LogP contribution >= 0.6 is 11.3 Å². The number of thiophene rings is 1. The third kappa shape index (κ3) is 7.03. The van der Waals surface area contributed by atoms with E-state index in [1.165, 1.54) is 0 Å². The van der Waals surface area contributed by atoms with Gasteiger partial charge in [-0.05, 0) is 45.1 Å². The van der Waals surface area contributed by atoms with Gasteiger partial charge in [0.2, 0.25) is 11.8 Å². The van der Waals surface area contributed by atoms with E-state index in [1.54, 1.807) is 37.0 Å². The summed E-state index contributed by atoms with van der Waals surface area (Å²) in [5.74, 6) is -0.122. The van der Waals surface area contributed by atoms with Crippen LogP contribution in [0.15, 0.2) is 17.5 Å². The van der Waals surface area contributed by atoms with Crippen molar-refractivity contribution in [3.63, 3.8) is 0 Å². The number of carbonyl (C=O) groups is 3. The molecule has 26 heavy (non-hydrogen) atoms. The summed E-state index contributed by atoms with van der Waals surface area (Å²) in [6.07, 6.45) is 1.24.